The van der Waals surface area contributed by atoms with E-state index < -0.39 is 30.3 Å². The number of hydrogen-bond donors (Lipinski definition) is 2. The lowest BCUT2D eigenvalue weighted by Crippen LogP contribution is -2.48. The largest absolute Gasteiger partial charge is 0.471 e. The van der Waals surface area contributed by atoms with Gasteiger partial charge in [-0.05, 0) is 48.9 Å². The molecule has 3 fully saturated rings. The predicted octanol–water partition coefficient (Wildman–Crippen LogP) is 5.89. The van der Waals surface area contributed by atoms with Crippen LogP contribution < -0.4 is 5.32 Å². The molecule has 2 heterocycles. The normalized spacial score (nSPS) is 25.9. The highest BCUT2D eigenvalue weighted by atomic mass is 19.4. The van der Waals surface area contributed by atoms with Gasteiger partial charge in [-0.15, -0.1) is 6.58 Å². The smallest absolute Gasteiger partial charge is 0.392 e. The number of carbonyl (C=O) groups excluding carboxylic acids is 2. The lowest BCUT2D eigenvalue weighted by molar-refractivity contribution is -0.276. The maximum atomic E-state index is 13.0. The molecule has 45 heavy (non-hydrogen) atoms. The van der Waals surface area contributed by atoms with Crippen molar-refractivity contribution in [2.24, 2.45) is 5.92 Å². The Balaban J connectivity index is 1.33. The first kappa shape index (κ1) is 33.1. The van der Waals surface area contributed by atoms with E-state index in [1.54, 1.807) is 24.3 Å². The van der Waals surface area contributed by atoms with E-state index >= 15 is 0 Å². The van der Waals surface area contributed by atoms with Crippen molar-refractivity contribution in [3.63, 3.8) is 0 Å². The Morgan fingerprint density at radius 3 is 2.31 bits per heavy atom. The number of rotatable bonds is 10. The molecule has 2 saturated heterocycles. The summed E-state index contributed by atoms with van der Waals surface area (Å²) < 4.78 is 52.3. The van der Waals surface area contributed by atoms with Crippen LogP contribution in [0.25, 0.3) is 0 Å². The molecule has 8 nitrogen and oxygen atoms in total. The van der Waals surface area contributed by atoms with E-state index in [0.29, 0.717) is 29.6 Å². The van der Waals surface area contributed by atoms with Gasteiger partial charge in [0.2, 0.25) is 5.91 Å². The van der Waals surface area contributed by atoms with Crippen molar-refractivity contribution < 1.29 is 37.3 Å². The number of benzene rings is 2. The Labute approximate surface area is 262 Å². The molecule has 2 aliphatic heterocycles. The van der Waals surface area contributed by atoms with Crippen molar-refractivity contribution in [1.29, 1.82) is 0 Å². The van der Waals surface area contributed by atoms with E-state index in [0.717, 1.165) is 36.1 Å². The van der Waals surface area contributed by atoms with E-state index in [9.17, 15) is 27.9 Å². The van der Waals surface area contributed by atoms with E-state index in [1.165, 1.54) is 12.8 Å². The monoisotopic (exact) mass is 629 g/mol. The van der Waals surface area contributed by atoms with Crippen LogP contribution in [0.5, 0.6) is 0 Å². The number of hydrogen-bond acceptors (Lipinski definition) is 6. The first-order chi connectivity index (χ1) is 21.6. The first-order valence-electron chi connectivity index (χ1n) is 15.7. The molecule has 0 spiro atoms. The molecule has 0 radical (unpaired) electrons. The third-order valence-electron chi connectivity index (χ3n) is 9.25. The standard InChI is InChI=1S/C34H42F3N3O5/c1-3-18-39(27-7-4-5-8-27)20-29-22(2)30(24-12-10-23(21-41)11-13-24)45-32(44-29)25-14-16-26(17-15-25)38-31(42)28-9-6-19-40(28)33(43)34(35,36)37/h3,10-17,22,27-30,32,41H,1,4-9,18-21H2,2H3,(H,38,42)/t22-,28-,29+,30+,32+/m0/s1. The van der Waals surface area contributed by atoms with Crippen LogP contribution in [0.2, 0.25) is 0 Å². The van der Waals surface area contributed by atoms with E-state index in [4.69, 9.17) is 9.47 Å². The van der Waals surface area contributed by atoms with Crippen LogP contribution >= 0.6 is 0 Å². The molecule has 244 valence electrons. The van der Waals surface area contributed by atoms with Crippen LogP contribution in [-0.4, -0.2) is 70.7 Å². The molecular formula is C34H42F3N3O5. The average Bonchev–Trinajstić information content (AvgIpc) is 3.75. The second-order valence-corrected chi connectivity index (χ2v) is 12.3. The minimum absolute atomic E-state index is 0.0160. The molecular weight excluding hydrogens is 587 g/mol. The van der Waals surface area contributed by atoms with E-state index in [2.05, 4.69) is 23.7 Å². The summed E-state index contributed by atoms with van der Waals surface area (Å²) in [7, 11) is 0. The summed E-state index contributed by atoms with van der Waals surface area (Å²) in [5.41, 5.74) is 2.91. The summed E-state index contributed by atoms with van der Waals surface area (Å²) in [5.74, 6) is -2.63. The Morgan fingerprint density at radius 1 is 1.02 bits per heavy atom. The number of ether oxygens (including phenoxy) is 2. The van der Waals surface area contributed by atoms with Gasteiger partial charge in [0.25, 0.3) is 0 Å². The Bertz CT molecular complexity index is 1310. The van der Waals surface area contributed by atoms with E-state index in [1.807, 2.05) is 30.3 Å². The number of aliphatic hydroxyl groups is 1. The fraction of sp³-hybridized carbons (Fsp3) is 0.529. The molecule has 1 aliphatic carbocycles. The van der Waals surface area contributed by atoms with Crippen molar-refractivity contribution in [3.8, 4) is 0 Å². The number of carbonyl (C=O) groups is 2. The zero-order valence-corrected chi connectivity index (χ0v) is 25.5. The summed E-state index contributed by atoms with van der Waals surface area (Å²) in [4.78, 5) is 27.7. The number of likely N-dealkylation sites (tertiary alicyclic amines) is 1. The van der Waals surface area contributed by atoms with Crippen LogP contribution in [0.4, 0.5) is 18.9 Å². The van der Waals surface area contributed by atoms with Gasteiger partial charge in [-0.3, -0.25) is 14.5 Å². The highest BCUT2D eigenvalue weighted by Gasteiger charge is 2.47. The molecule has 0 bridgehead atoms. The Hall–Kier alpha value is -3.25. The number of nitrogens with one attached hydrogen (secondary N) is 1. The predicted molar refractivity (Wildman–Crippen MR) is 163 cm³/mol. The van der Waals surface area contributed by atoms with Gasteiger partial charge >= 0.3 is 12.1 Å². The average molecular weight is 630 g/mol. The molecule has 11 heteroatoms. The lowest BCUT2D eigenvalue weighted by atomic mass is 9.89. The molecule has 2 aromatic carbocycles. The van der Waals surface area contributed by atoms with Crippen LogP contribution in [0, 0.1) is 5.92 Å². The summed E-state index contributed by atoms with van der Waals surface area (Å²) in [6.07, 6.45) is 0.969. The van der Waals surface area contributed by atoms with Crippen molar-refractivity contribution >= 4 is 17.5 Å². The second-order valence-electron chi connectivity index (χ2n) is 12.3. The Morgan fingerprint density at radius 2 is 1.69 bits per heavy atom. The van der Waals surface area contributed by atoms with Gasteiger partial charge in [-0.25, -0.2) is 0 Å². The SMILES string of the molecule is C=CCN(C[C@H]1O[C@@H](c2ccc(NC(=O)[C@@H]3CCCN3C(=O)C(F)(F)F)cc2)O[C@@H](c2ccc(CO)cc2)[C@H]1C)C1CCCC1. The number of anilines is 1. The number of nitrogens with zero attached hydrogens (tertiary/aromatic N) is 2. The third-order valence-corrected chi connectivity index (χ3v) is 9.25. The van der Waals surface area contributed by atoms with Crippen LogP contribution in [0.3, 0.4) is 0 Å². The van der Waals surface area contributed by atoms with Crippen molar-refractivity contribution in [1.82, 2.24) is 9.80 Å². The maximum Gasteiger partial charge on any atom is 0.471 e. The van der Waals surface area contributed by atoms with Crippen molar-refractivity contribution in [2.45, 2.75) is 88.8 Å². The highest BCUT2D eigenvalue weighted by molar-refractivity contribution is 5.98. The molecule has 3 aliphatic rings. The fourth-order valence-electron chi connectivity index (χ4n) is 6.76. The van der Waals surface area contributed by atoms with Gasteiger partial charge in [-0.1, -0.05) is 62.2 Å². The number of alkyl halides is 3. The minimum atomic E-state index is -5.03. The van der Waals surface area contributed by atoms with Crippen LogP contribution in [-0.2, 0) is 25.7 Å². The zero-order chi connectivity index (χ0) is 32.1. The van der Waals surface area contributed by atoms with Gasteiger partial charge in [0.05, 0.1) is 18.8 Å². The number of halogens is 3. The summed E-state index contributed by atoms with van der Waals surface area (Å²) in [6, 6.07) is 13.9. The van der Waals surface area contributed by atoms with Crippen LogP contribution in [0.15, 0.2) is 61.2 Å². The van der Waals surface area contributed by atoms with Gasteiger partial charge in [-0.2, -0.15) is 13.2 Å². The molecule has 5 atom stereocenters. The Kier molecular flexibility index (Phi) is 10.6. The topological polar surface area (TPSA) is 91.3 Å². The van der Waals surface area contributed by atoms with Gasteiger partial charge < -0.3 is 24.8 Å². The summed E-state index contributed by atoms with van der Waals surface area (Å²) >= 11 is 0. The van der Waals surface area contributed by atoms with Crippen molar-refractivity contribution in [3.05, 3.63) is 77.9 Å². The number of amides is 2. The molecule has 2 amide bonds. The molecule has 2 aromatic rings. The quantitative estimate of drug-likeness (QED) is 0.319. The molecule has 0 aromatic heterocycles. The first-order valence-corrected chi connectivity index (χ1v) is 15.7. The molecule has 1 saturated carbocycles. The third kappa shape index (κ3) is 7.77. The van der Waals surface area contributed by atoms with E-state index in [-0.39, 0.29) is 37.7 Å². The van der Waals surface area contributed by atoms with Crippen molar-refractivity contribution in [2.75, 3.05) is 25.0 Å². The second kappa shape index (κ2) is 14.5. The summed E-state index contributed by atoms with van der Waals surface area (Å²) in [5, 5.41) is 12.2. The number of aliphatic hydroxyl groups excluding tert-OH is 1. The van der Waals surface area contributed by atoms with Gasteiger partial charge in [0.15, 0.2) is 6.29 Å². The molecule has 2 N–H and O–H groups in total. The summed E-state index contributed by atoms with van der Waals surface area (Å²) in [6.45, 7) is 7.42. The minimum Gasteiger partial charge on any atom is -0.392 e. The van der Waals surface area contributed by atoms with Crippen LogP contribution in [0.1, 0.15) is 74.5 Å². The van der Waals surface area contributed by atoms with Gasteiger partial charge in [0.1, 0.15) is 6.04 Å². The lowest BCUT2D eigenvalue weighted by Gasteiger charge is -2.43. The zero-order valence-electron chi connectivity index (χ0n) is 25.5. The molecule has 0 unspecified atom stereocenters. The highest BCUT2D eigenvalue weighted by Crippen LogP contribution is 2.42. The molecule has 5 rings (SSSR count). The maximum absolute atomic E-state index is 13.0. The van der Waals surface area contributed by atoms with Gasteiger partial charge in [0, 0.05) is 42.8 Å². The fourth-order valence-corrected chi connectivity index (χ4v) is 6.76.